The van der Waals surface area contributed by atoms with Gasteiger partial charge in [0.25, 0.3) is 0 Å². The monoisotopic (exact) mass is 193 g/mol. The number of hydrogen-bond acceptors (Lipinski definition) is 3. The summed E-state index contributed by atoms with van der Waals surface area (Å²) in [5.41, 5.74) is 1.21. The van der Waals surface area contributed by atoms with Crippen molar-refractivity contribution in [3.63, 3.8) is 0 Å². The molecule has 3 heteroatoms. The van der Waals surface area contributed by atoms with Crippen molar-refractivity contribution in [3.8, 4) is 0 Å². The standard InChI is InChI=1S/C11H19N3/c1-8(2)9(3)10-6-12-11(13-7-10)14(4)5/h6-9H,1-5H3. The zero-order valence-electron chi connectivity index (χ0n) is 9.65. The van der Waals surface area contributed by atoms with Crippen molar-refractivity contribution in [1.82, 2.24) is 9.97 Å². The molecule has 0 saturated carbocycles. The predicted octanol–water partition coefficient (Wildman–Crippen LogP) is 2.30. The number of nitrogens with zero attached hydrogens (tertiary/aromatic N) is 3. The fourth-order valence-corrected chi connectivity index (χ4v) is 1.18. The molecule has 14 heavy (non-hydrogen) atoms. The van der Waals surface area contributed by atoms with E-state index < -0.39 is 0 Å². The predicted molar refractivity (Wildman–Crippen MR) is 59.6 cm³/mol. The Morgan fingerprint density at radius 2 is 1.57 bits per heavy atom. The summed E-state index contributed by atoms with van der Waals surface area (Å²) >= 11 is 0. The van der Waals surface area contributed by atoms with E-state index in [-0.39, 0.29) is 0 Å². The van der Waals surface area contributed by atoms with Crippen LogP contribution in [0.4, 0.5) is 5.95 Å². The molecule has 1 rings (SSSR count). The minimum atomic E-state index is 0.520. The van der Waals surface area contributed by atoms with E-state index in [0.29, 0.717) is 11.8 Å². The Hall–Kier alpha value is -1.12. The van der Waals surface area contributed by atoms with Gasteiger partial charge in [0.2, 0.25) is 5.95 Å². The van der Waals surface area contributed by atoms with Gasteiger partial charge in [-0.3, -0.25) is 0 Å². The summed E-state index contributed by atoms with van der Waals surface area (Å²) in [5.74, 6) is 1.92. The summed E-state index contributed by atoms with van der Waals surface area (Å²) in [4.78, 5) is 10.5. The highest BCUT2D eigenvalue weighted by Gasteiger charge is 2.10. The Labute approximate surface area is 86.2 Å². The number of rotatable bonds is 3. The average molecular weight is 193 g/mol. The van der Waals surface area contributed by atoms with E-state index in [9.17, 15) is 0 Å². The SMILES string of the molecule is CC(C)C(C)c1cnc(N(C)C)nc1. The Kier molecular flexibility index (Phi) is 3.44. The van der Waals surface area contributed by atoms with Gasteiger partial charge in [-0.2, -0.15) is 0 Å². The van der Waals surface area contributed by atoms with Crippen LogP contribution in [0.5, 0.6) is 0 Å². The van der Waals surface area contributed by atoms with Crippen molar-refractivity contribution in [2.45, 2.75) is 26.7 Å². The molecule has 1 atom stereocenters. The van der Waals surface area contributed by atoms with Crippen LogP contribution in [0.15, 0.2) is 12.4 Å². The van der Waals surface area contributed by atoms with Crippen LogP contribution in [0.25, 0.3) is 0 Å². The van der Waals surface area contributed by atoms with E-state index in [1.165, 1.54) is 5.56 Å². The highest BCUT2D eigenvalue weighted by atomic mass is 15.2. The van der Waals surface area contributed by atoms with Gasteiger partial charge in [0, 0.05) is 26.5 Å². The highest BCUT2D eigenvalue weighted by Crippen LogP contribution is 2.22. The lowest BCUT2D eigenvalue weighted by Crippen LogP contribution is -2.13. The molecule has 0 aliphatic rings. The van der Waals surface area contributed by atoms with Gasteiger partial charge in [0.05, 0.1) is 0 Å². The van der Waals surface area contributed by atoms with Crippen LogP contribution >= 0.6 is 0 Å². The van der Waals surface area contributed by atoms with Crippen LogP contribution in [-0.4, -0.2) is 24.1 Å². The van der Waals surface area contributed by atoms with E-state index in [4.69, 9.17) is 0 Å². The molecule has 78 valence electrons. The molecular formula is C11H19N3. The largest absolute Gasteiger partial charge is 0.347 e. The summed E-state index contributed by atoms with van der Waals surface area (Å²) in [6, 6.07) is 0. The van der Waals surface area contributed by atoms with Crippen LogP contribution in [0.2, 0.25) is 0 Å². The molecular weight excluding hydrogens is 174 g/mol. The third-order valence-corrected chi connectivity index (χ3v) is 2.58. The van der Waals surface area contributed by atoms with Crippen LogP contribution in [0, 0.1) is 5.92 Å². The van der Waals surface area contributed by atoms with E-state index in [1.54, 1.807) is 0 Å². The third kappa shape index (κ3) is 2.44. The number of anilines is 1. The molecule has 0 saturated heterocycles. The first kappa shape index (κ1) is 11.0. The zero-order valence-corrected chi connectivity index (χ0v) is 9.65. The first-order valence-electron chi connectivity index (χ1n) is 5.01. The second-order valence-electron chi connectivity index (χ2n) is 4.24. The first-order chi connectivity index (χ1) is 6.52. The van der Waals surface area contributed by atoms with Gasteiger partial charge in [-0.15, -0.1) is 0 Å². The van der Waals surface area contributed by atoms with Gasteiger partial charge in [0.15, 0.2) is 0 Å². The lowest BCUT2D eigenvalue weighted by Gasteiger charge is -2.16. The van der Waals surface area contributed by atoms with E-state index >= 15 is 0 Å². The zero-order chi connectivity index (χ0) is 10.7. The Balaban J connectivity index is 2.83. The lowest BCUT2D eigenvalue weighted by molar-refractivity contribution is 0.532. The summed E-state index contributed by atoms with van der Waals surface area (Å²) in [6.07, 6.45) is 3.85. The molecule has 1 aromatic heterocycles. The molecule has 1 aromatic rings. The maximum atomic E-state index is 4.30. The van der Waals surface area contributed by atoms with Gasteiger partial charge in [-0.05, 0) is 17.4 Å². The quantitative estimate of drug-likeness (QED) is 0.737. The van der Waals surface area contributed by atoms with Crippen molar-refractivity contribution in [1.29, 1.82) is 0 Å². The molecule has 0 aliphatic heterocycles. The minimum absolute atomic E-state index is 0.520. The molecule has 1 heterocycles. The first-order valence-corrected chi connectivity index (χ1v) is 5.01. The van der Waals surface area contributed by atoms with Crippen molar-refractivity contribution >= 4 is 5.95 Å². The van der Waals surface area contributed by atoms with Gasteiger partial charge >= 0.3 is 0 Å². The van der Waals surface area contributed by atoms with Crippen molar-refractivity contribution in [2.24, 2.45) is 5.92 Å². The topological polar surface area (TPSA) is 29.0 Å². The van der Waals surface area contributed by atoms with Gasteiger partial charge in [0.1, 0.15) is 0 Å². The van der Waals surface area contributed by atoms with Crippen LogP contribution < -0.4 is 4.90 Å². The Morgan fingerprint density at radius 1 is 1.07 bits per heavy atom. The average Bonchev–Trinajstić information content (AvgIpc) is 2.16. The molecule has 0 aromatic carbocycles. The smallest absolute Gasteiger partial charge is 0.224 e. The number of aromatic nitrogens is 2. The molecule has 1 unspecified atom stereocenters. The Morgan fingerprint density at radius 3 is 1.93 bits per heavy atom. The molecule has 0 bridgehead atoms. The molecule has 0 N–H and O–H groups in total. The summed E-state index contributed by atoms with van der Waals surface area (Å²) < 4.78 is 0. The summed E-state index contributed by atoms with van der Waals surface area (Å²) in [6.45, 7) is 6.63. The molecule has 0 spiro atoms. The van der Waals surface area contributed by atoms with Crippen molar-refractivity contribution in [3.05, 3.63) is 18.0 Å². The van der Waals surface area contributed by atoms with E-state index in [0.717, 1.165) is 5.95 Å². The lowest BCUT2D eigenvalue weighted by atomic mass is 9.92. The molecule has 0 amide bonds. The van der Waals surface area contributed by atoms with Crippen molar-refractivity contribution < 1.29 is 0 Å². The van der Waals surface area contributed by atoms with E-state index in [1.807, 2.05) is 31.4 Å². The van der Waals surface area contributed by atoms with Gasteiger partial charge < -0.3 is 4.90 Å². The maximum Gasteiger partial charge on any atom is 0.224 e. The van der Waals surface area contributed by atoms with Crippen LogP contribution in [-0.2, 0) is 0 Å². The fourth-order valence-electron chi connectivity index (χ4n) is 1.18. The van der Waals surface area contributed by atoms with E-state index in [2.05, 4.69) is 30.7 Å². The fraction of sp³-hybridized carbons (Fsp3) is 0.636. The van der Waals surface area contributed by atoms with Crippen LogP contribution in [0.1, 0.15) is 32.3 Å². The normalized spacial score (nSPS) is 13.0. The molecule has 3 nitrogen and oxygen atoms in total. The molecule has 0 fully saturated rings. The molecule has 0 aliphatic carbocycles. The Bertz CT molecular complexity index is 277. The number of hydrogen-bond donors (Lipinski definition) is 0. The van der Waals surface area contributed by atoms with Gasteiger partial charge in [-0.25, -0.2) is 9.97 Å². The summed E-state index contributed by atoms with van der Waals surface area (Å²) in [5, 5.41) is 0. The minimum Gasteiger partial charge on any atom is -0.347 e. The third-order valence-electron chi connectivity index (χ3n) is 2.58. The summed E-state index contributed by atoms with van der Waals surface area (Å²) in [7, 11) is 3.89. The second-order valence-corrected chi connectivity index (χ2v) is 4.24. The molecule has 0 radical (unpaired) electrons. The van der Waals surface area contributed by atoms with Crippen molar-refractivity contribution in [2.75, 3.05) is 19.0 Å². The maximum absolute atomic E-state index is 4.30. The second kappa shape index (κ2) is 4.40. The highest BCUT2D eigenvalue weighted by molar-refractivity contribution is 5.27. The van der Waals surface area contributed by atoms with Gasteiger partial charge in [-0.1, -0.05) is 20.8 Å². The van der Waals surface area contributed by atoms with Crippen LogP contribution in [0.3, 0.4) is 0 Å².